The Hall–Kier alpha value is -1.02. The van der Waals surface area contributed by atoms with Gasteiger partial charge in [-0.3, -0.25) is 4.79 Å². The number of esters is 1. The Morgan fingerprint density at radius 2 is 1.85 bits per heavy atom. The highest BCUT2D eigenvalue weighted by molar-refractivity contribution is 7.89. The van der Waals surface area contributed by atoms with Crippen LogP contribution in [0, 0.1) is 0 Å². The van der Waals surface area contributed by atoms with Gasteiger partial charge in [-0.25, -0.2) is 8.42 Å². The topological polar surface area (TPSA) is 89.7 Å². The number of likely N-dealkylation sites (N-methyl/N-ethyl adjacent to an activating group) is 1. The summed E-state index contributed by atoms with van der Waals surface area (Å²) in [6, 6.07) is 2.57. The molecule has 6 nitrogen and oxygen atoms in total. The van der Waals surface area contributed by atoms with Crippen molar-refractivity contribution in [3.05, 3.63) is 22.2 Å². The fourth-order valence-corrected chi connectivity index (χ4v) is 4.10. The Bertz CT molecular complexity index is 596. The van der Waals surface area contributed by atoms with Gasteiger partial charge in [0.05, 0.1) is 17.2 Å². The van der Waals surface area contributed by atoms with Gasteiger partial charge in [-0.05, 0) is 12.1 Å². The predicted octanol–water partition coefficient (Wildman–Crippen LogP) is 1.76. The minimum atomic E-state index is -4.02. The van der Waals surface area contributed by atoms with Crippen molar-refractivity contribution < 1.29 is 17.9 Å². The molecule has 0 atom stereocenters. The van der Waals surface area contributed by atoms with Gasteiger partial charge in [0.1, 0.15) is 11.4 Å². The first-order chi connectivity index (χ1) is 9.23. The molecule has 9 heteroatoms. The lowest BCUT2D eigenvalue weighted by Crippen LogP contribution is -2.36. The molecule has 0 bridgehead atoms. The van der Waals surface area contributed by atoms with E-state index in [4.69, 9.17) is 28.9 Å². The number of benzene rings is 1. The summed E-state index contributed by atoms with van der Waals surface area (Å²) in [4.78, 5) is 11.0. The number of carbonyl (C=O) groups is 1. The molecule has 0 saturated carbocycles. The maximum atomic E-state index is 12.5. The monoisotopic (exact) mass is 340 g/mol. The zero-order chi connectivity index (χ0) is 15.5. The number of halogens is 2. The van der Waals surface area contributed by atoms with Gasteiger partial charge in [0, 0.05) is 12.2 Å². The van der Waals surface area contributed by atoms with E-state index in [1.165, 1.54) is 19.2 Å². The highest BCUT2D eigenvalue weighted by atomic mass is 35.5. The second kappa shape index (κ2) is 6.62. The molecule has 0 unspecified atom stereocenters. The number of methoxy groups -OCH3 is 1. The normalized spacial score (nSPS) is 11.7. The number of sulfonamides is 1. The highest BCUT2D eigenvalue weighted by Gasteiger charge is 2.30. The molecule has 1 aromatic carbocycles. The minimum absolute atomic E-state index is 0.0640. The first kappa shape index (κ1) is 17.0. The average Bonchev–Trinajstić information content (AvgIpc) is 2.33. The zero-order valence-corrected chi connectivity index (χ0v) is 13.2. The Kier molecular flexibility index (Phi) is 5.64. The van der Waals surface area contributed by atoms with Crippen molar-refractivity contribution >= 4 is 44.9 Å². The largest absolute Gasteiger partial charge is 0.468 e. The van der Waals surface area contributed by atoms with E-state index in [9.17, 15) is 13.2 Å². The van der Waals surface area contributed by atoms with E-state index in [1.54, 1.807) is 6.92 Å². The molecule has 0 spiro atoms. The molecule has 1 aromatic rings. The van der Waals surface area contributed by atoms with Crippen LogP contribution >= 0.6 is 23.2 Å². The number of nitrogens with two attached hydrogens (primary N) is 1. The lowest BCUT2D eigenvalue weighted by atomic mass is 10.3. The summed E-state index contributed by atoms with van der Waals surface area (Å²) in [6.45, 7) is 1.22. The van der Waals surface area contributed by atoms with Crippen molar-refractivity contribution in [1.82, 2.24) is 4.31 Å². The van der Waals surface area contributed by atoms with Gasteiger partial charge in [0.2, 0.25) is 10.0 Å². The van der Waals surface area contributed by atoms with Gasteiger partial charge in [-0.2, -0.15) is 4.31 Å². The maximum absolute atomic E-state index is 12.5. The molecule has 0 aliphatic rings. The second-order valence-corrected chi connectivity index (χ2v) is 6.51. The van der Waals surface area contributed by atoms with Crippen LogP contribution in [-0.4, -0.2) is 38.9 Å². The molecule has 0 heterocycles. The fourth-order valence-electron chi connectivity index (χ4n) is 1.53. The van der Waals surface area contributed by atoms with E-state index in [0.717, 1.165) is 4.31 Å². The van der Waals surface area contributed by atoms with Gasteiger partial charge >= 0.3 is 5.97 Å². The van der Waals surface area contributed by atoms with Crippen LogP contribution < -0.4 is 5.73 Å². The molecular formula is C11H14Cl2N2O4S. The molecule has 0 amide bonds. The Morgan fingerprint density at radius 3 is 2.25 bits per heavy atom. The molecular weight excluding hydrogens is 327 g/mol. The molecule has 1 rings (SSSR count). The second-order valence-electron chi connectivity index (χ2n) is 3.82. The first-order valence-corrected chi connectivity index (χ1v) is 7.75. The Morgan fingerprint density at radius 1 is 1.35 bits per heavy atom. The van der Waals surface area contributed by atoms with E-state index in [1.807, 2.05) is 0 Å². The van der Waals surface area contributed by atoms with Crippen molar-refractivity contribution in [1.29, 1.82) is 0 Å². The van der Waals surface area contributed by atoms with Crippen LogP contribution in [0.2, 0.25) is 10.0 Å². The van der Waals surface area contributed by atoms with Gasteiger partial charge < -0.3 is 10.5 Å². The summed E-state index contributed by atoms with van der Waals surface area (Å²) in [6.07, 6.45) is 0. The molecule has 0 aliphatic carbocycles. The summed E-state index contributed by atoms with van der Waals surface area (Å²) in [7, 11) is -2.85. The van der Waals surface area contributed by atoms with Crippen molar-refractivity contribution in [2.24, 2.45) is 0 Å². The number of anilines is 1. The van der Waals surface area contributed by atoms with Crippen LogP contribution in [0.3, 0.4) is 0 Å². The summed E-state index contributed by atoms with van der Waals surface area (Å²) in [5, 5.41) is -0.198. The van der Waals surface area contributed by atoms with Gasteiger partial charge in [-0.15, -0.1) is 0 Å². The number of hydrogen-bond donors (Lipinski definition) is 1. The molecule has 0 fully saturated rings. The zero-order valence-electron chi connectivity index (χ0n) is 10.9. The lowest BCUT2D eigenvalue weighted by molar-refractivity contribution is -0.140. The fraction of sp³-hybridized carbons (Fsp3) is 0.364. The van der Waals surface area contributed by atoms with E-state index in [2.05, 4.69) is 4.74 Å². The number of carbonyl (C=O) groups excluding carboxylic acids is 1. The van der Waals surface area contributed by atoms with Crippen LogP contribution in [0.25, 0.3) is 0 Å². The van der Waals surface area contributed by atoms with Crippen molar-refractivity contribution in [3.63, 3.8) is 0 Å². The minimum Gasteiger partial charge on any atom is -0.468 e. The standard InChI is InChI=1S/C11H14Cl2N2O4S/c1-3-15(6-10(16)19-2)20(17,18)11-8(12)4-7(14)5-9(11)13/h4-5H,3,6,14H2,1-2H3. The van der Waals surface area contributed by atoms with Crippen molar-refractivity contribution in [2.45, 2.75) is 11.8 Å². The summed E-state index contributed by atoms with van der Waals surface area (Å²) in [5.74, 6) is -0.682. The van der Waals surface area contributed by atoms with Gasteiger partial charge in [0.25, 0.3) is 0 Å². The van der Waals surface area contributed by atoms with Crippen LogP contribution in [-0.2, 0) is 19.6 Å². The predicted molar refractivity (Wildman–Crippen MR) is 77.3 cm³/mol. The Balaban J connectivity index is 3.31. The van der Waals surface area contributed by atoms with E-state index < -0.39 is 22.5 Å². The van der Waals surface area contributed by atoms with Crippen LogP contribution in [0.5, 0.6) is 0 Å². The molecule has 20 heavy (non-hydrogen) atoms. The van der Waals surface area contributed by atoms with Crippen molar-refractivity contribution in [3.8, 4) is 0 Å². The number of nitrogen functional groups attached to an aromatic ring is 1. The molecule has 0 aliphatic heterocycles. The van der Waals surface area contributed by atoms with Gasteiger partial charge in [-0.1, -0.05) is 30.1 Å². The Labute approximate surface area is 127 Å². The number of hydrogen-bond acceptors (Lipinski definition) is 5. The average molecular weight is 341 g/mol. The first-order valence-electron chi connectivity index (χ1n) is 5.55. The number of nitrogens with zero attached hydrogens (tertiary/aromatic N) is 1. The third-order valence-corrected chi connectivity index (χ3v) is 5.35. The molecule has 112 valence electrons. The lowest BCUT2D eigenvalue weighted by Gasteiger charge is -2.20. The van der Waals surface area contributed by atoms with E-state index in [-0.39, 0.29) is 27.2 Å². The van der Waals surface area contributed by atoms with Crippen molar-refractivity contribution in [2.75, 3.05) is 25.9 Å². The smallest absolute Gasteiger partial charge is 0.321 e. The number of rotatable bonds is 5. The van der Waals surface area contributed by atoms with E-state index in [0.29, 0.717) is 0 Å². The third kappa shape index (κ3) is 3.54. The maximum Gasteiger partial charge on any atom is 0.321 e. The van der Waals surface area contributed by atoms with Gasteiger partial charge in [0.15, 0.2) is 0 Å². The van der Waals surface area contributed by atoms with Crippen LogP contribution in [0.4, 0.5) is 5.69 Å². The highest BCUT2D eigenvalue weighted by Crippen LogP contribution is 2.33. The summed E-state index contributed by atoms with van der Waals surface area (Å²) in [5.41, 5.74) is 5.78. The number of ether oxygens (including phenoxy) is 1. The molecule has 0 radical (unpaired) electrons. The summed E-state index contributed by atoms with van der Waals surface area (Å²) >= 11 is 11.8. The molecule has 0 saturated heterocycles. The molecule has 0 aromatic heterocycles. The summed E-state index contributed by atoms with van der Waals surface area (Å²) < 4.78 is 30.3. The molecule has 2 N–H and O–H groups in total. The quantitative estimate of drug-likeness (QED) is 0.651. The van der Waals surface area contributed by atoms with Crippen LogP contribution in [0.15, 0.2) is 17.0 Å². The van der Waals surface area contributed by atoms with E-state index >= 15 is 0 Å². The SMILES string of the molecule is CCN(CC(=O)OC)S(=O)(=O)c1c(Cl)cc(N)cc1Cl. The third-order valence-electron chi connectivity index (χ3n) is 2.50. The van der Waals surface area contributed by atoms with Crippen LogP contribution in [0.1, 0.15) is 6.92 Å².